The third kappa shape index (κ3) is 3.87. The Hall–Kier alpha value is -1.76. The summed E-state index contributed by atoms with van der Waals surface area (Å²) in [4.78, 5) is 1.35. The highest BCUT2D eigenvalue weighted by Crippen LogP contribution is 2.51. The molecule has 106 valence electrons. The van der Waals surface area contributed by atoms with Gasteiger partial charge in [0.2, 0.25) is 0 Å². The second-order valence-electron chi connectivity index (χ2n) is 5.51. The Morgan fingerprint density at radius 1 is 1.10 bits per heavy atom. The molecule has 0 unspecified atom stereocenters. The topological polar surface area (TPSA) is 35.8 Å². The van der Waals surface area contributed by atoms with Gasteiger partial charge in [0.15, 0.2) is 0 Å². The maximum Gasteiger partial charge on any atom is 0.0991 e. The van der Waals surface area contributed by atoms with Crippen LogP contribution in [0.15, 0.2) is 59.5 Å². The number of nitrogens with one attached hydrogen (secondary N) is 1. The van der Waals surface area contributed by atoms with Crippen LogP contribution in [0.1, 0.15) is 24.0 Å². The zero-order chi connectivity index (χ0) is 14.5. The van der Waals surface area contributed by atoms with Crippen LogP contribution in [-0.4, -0.2) is 11.3 Å². The largest absolute Gasteiger partial charge is 0.311 e. The molecule has 0 heterocycles. The molecule has 0 amide bonds. The summed E-state index contributed by atoms with van der Waals surface area (Å²) < 4.78 is 0.369. The Balaban J connectivity index is 1.52. The number of nitriles is 1. The molecule has 2 nitrogen and oxygen atoms in total. The molecule has 2 aromatic rings. The molecular formula is C18H18N2S. The standard InChI is InChI=1S/C18H18N2S/c19-12-15-5-4-6-16(11-15)13-20-14-18(9-10-18)21-17-7-2-1-3-8-17/h1-8,11,20H,9-10,13-14H2. The molecule has 3 rings (SSSR count). The summed E-state index contributed by atoms with van der Waals surface area (Å²) in [6, 6.07) is 20.6. The second kappa shape index (κ2) is 6.34. The third-order valence-electron chi connectivity index (χ3n) is 3.72. The van der Waals surface area contributed by atoms with Gasteiger partial charge >= 0.3 is 0 Å². The molecule has 1 saturated carbocycles. The lowest BCUT2D eigenvalue weighted by Crippen LogP contribution is -2.25. The first kappa shape index (κ1) is 14.2. The Morgan fingerprint density at radius 3 is 2.62 bits per heavy atom. The average molecular weight is 294 g/mol. The van der Waals surface area contributed by atoms with E-state index in [0.29, 0.717) is 4.75 Å². The van der Waals surface area contributed by atoms with E-state index >= 15 is 0 Å². The molecule has 0 spiro atoms. The fourth-order valence-corrected chi connectivity index (χ4v) is 3.65. The number of benzene rings is 2. The van der Waals surface area contributed by atoms with Crippen molar-refractivity contribution in [1.82, 2.24) is 5.32 Å². The third-order valence-corrected chi connectivity index (χ3v) is 5.21. The van der Waals surface area contributed by atoms with Crippen molar-refractivity contribution in [2.24, 2.45) is 0 Å². The maximum absolute atomic E-state index is 8.92. The predicted octanol–water partition coefficient (Wildman–Crippen LogP) is 3.97. The van der Waals surface area contributed by atoms with Crippen LogP contribution in [0.3, 0.4) is 0 Å². The van der Waals surface area contributed by atoms with E-state index in [4.69, 9.17) is 5.26 Å². The predicted molar refractivity (Wildman–Crippen MR) is 87.1 cm³/mol. The Labute approximate surface area is 130 Å². The van der Waals surface area contributed by atoms with Gasteiger partial charge in [0, 0.05) is 22.7 Å². The summed E-state index contributed by atoms with van der Waals surface area (Å²) >= 11 is 1.98. The van der Waals surface area contributed by atoms with Gasteiger partial charge in [0.1, 0.15) is 0 Å². The Morgan fingerprint density at radius 2 is 1.90 bits per heavy atom. The van der Waals surface area contributed by atoms with E-state index < -0.39 is 0 Å². The molecule has 0 saturated heterocycles. The first-order valence-corrected chi connectivity index (χ1v) is 8.05. The first-order chi connectivity index (χ1) is 10.3. The lowest BCUT2D eigenvalue weighted by atomic mass is 10.1. The number of hydrogen-bond donors (Lipinski definition) is 1. The average Bonchev–Trinajstić information content (AvgIpc) is 3.28. The number of thioether (sulfide) groups is 1. The number of nitrogens with zero attached hydrogens (tertiary/aromatic N) is 1. The maximum atomic E-state index is 8.92. The van der Waals surface area contributed by atoms with Gasteiger partial charge in [-0.2, -0.15) is 5.26 Å². The molecule has 0 atom stereocenters. The Kier molecular flexibility index (Phi) is 4.28. The molecule has 0 aromatic heterocycles. The fraction of sp³-hybridized carbons (Fsp3) is 0.278. The van der Waals surface area contributed by atoms with Crippen LogP contribution >= 0.6 is 11.8 Å². The SMILES string of the molecule is N#Cc1cccc(CNCC2(Sc3ccccc3)CC2)c1. The highest BCUT2D eigenvalue weighted by Gasteiger charge is 2.43. The Bertz CT molecular complexity index is 642. The minimum absolute atomic E-state index is 0.369. The number of rotatable bonds is 6. The second-order valence-corrected chi connectivity index (χ2v) is 7.06. The zero-order valence-corrected chi connectivity index (χ0v) is 12.7. The molecule has 0 bridgehead atoms. The zero-order valence-electron chi connectivity index (χ0n) is 11.9. The highest BCUT2D eigenvalue weighted by atomic mass is 32.2. The molecule has 21 heavy (non-hydrogen) atoms. The van der Waals surface area contributed by atoms with Crippen LogP contribution in [0.5, 0.6) is 0 Å². The molecular weight excluding hydrogens is 276 g/mol. The van der Waals surface area contributed by atoms with Gasteiger partial charge < -0.3 is 5.32 Å². The fourth-order valence-electron chi connectivity index (χ4n) is 2.38. The van der Waals surface area contributed by atoms with Crippen LogP contribution < -0.4 is 5.32 Å². The molecule has 1 N–H and O–H groups in total. The molecule has 1 aliphatic carbocycles. The van der Waals surface area contributed by atoms with Crippen LogP contribution in [0.4, 0.5) is 0 Å². The molecule has 0 radical (unpaired) electrons. The van der Waals surface area contributed by atoms with Crippen molar-refractivity contribution in [3.05, 3.63) is 65.7 Å². The van der Waals surface area contributed by atoms with E-state index in [1.807, 2.05) is 30.0 Å². The van der Waals surface area contributed by atoms with Crippen molar-refractivity contribution in [3.63, 3.8) is 0 Å². The summed E-state index contributed by atoms with van der Waals surface area (Å²) in [6.45, 7) is 1.84. The molecule has 2 aromatic carbocycles. The molecule has 1 fully saturated rings. The van der Waals surface area contributed by atoms with Gasteiger partial charge in [0.25, 0.3) is 0 Å². The van der Waals surface area contributed by atoms with Crippen LogP contribution in [0, 0.1) is 11.3 Å². The summed E-state index contributed by atoms with van der Waals surface area (Å²) in [7, 11) is 0. The lowest BCUT2D eigenvalue weighted by Gasteiger charge is -2.16. The first-order valence-electron chi connectivity index (χ1n) is 7.24. The van der Waals surface area contributed by atoms with Crippen LogP contribution in [-0.2, 0) is 6.54 Å². The van der Waals surface area contributed by atoms with Gasteiger partial charge in [-0.25, -0.2) is 0 Å². The summed E-state index contributed by atoms with van der Waals surface area (Å²) in [5.41, 5.74) is 1.91. The van der Waals surface area contributed by atoms with Gasteiger partial charge in [-0.3, -0.25) is 0 Å². The van der Waals surface area contributed by atoms with E-state index in [9.17, 15) is 0 Å². The molecule has 0 aliphatic heterocycles. The van der Waals surface area contributed by atoms with E-state index in [2.05, 4.69) is 47.8 Å². The molecule has 3 heteroatoms. The van der Waals surface area contributed by atoms with Crippen molar-refractivity contribution >= 4 is 11.8 Å². The van der Waals surface area contributed by atoms with Crippen molar-refractivity contribution in [2.75, 3.05) is 6.54 Å². The van der Waals surface area contributed by atoms with Gasteiger partial charge in [-0.15, -0.1) is 11.8 Å². The van der Waals surface area contributed by atoms with Gasteiger partial charge in [-0.05, 0) is 42.7 Å². The summed E-state index contributed by atoms with van der Waals surface area (Å²) in [6.07, 6.45) is 2.55. The number of hydrogen-bond acceptors (Lipinski definition) is 3. The summed E-state index contributed by atoms with van der Waals surface area (Å²) in [5, 5.41) is 12.5. The highest BCUT2D eigenvalue weighted by molar-refractivity contribution is 8.01. The van der Waals surface area contributed by atoms with Crippen molar-refractivity contribution in [2.45, 2.75) is 29.0 Å². The molecule has 1 aliphatic rings. The van der Waals surface area contributed by atoms with E-state index in [1.54, 1.807) is 0 Å². The minimum atomic E-state index is 0.369. The van der Waals surface area contributed by atoms with Gasteiger partial charge in [0.05, 0.1) is 11.6 Å². The monoisotopic (exact) mass is 294 g/mol. The van der Waals surface area contributed by atoms with Crippen molar-refractivity contribution in [1.29, 1.82) is 5.26 Å². The van der Waals surface area contributed by atoms with Crippen LogP contribution in [0.2, 0.25) is 0 Å². The van der Waals surface area contributed by atoms with E-state index in [0.717, 1.165) is 18.7 Å². The van der Waals surface area contributed by atoms with Gasteiger partial charge in [-0.1, -0.05) is 30.3 Å². The minimum Gasteiger partial charge on any atom is -0.311 e. The van der Waals surface area contributed by atoms with Crippen LogP contribution in [0.25, 0.3) is 0 Å². The van der Waals surface area contributed by atoms with E-state index in [1.165, 1.54) is 23.3 Å². The van der Waals surface area contributed by atoms with E-state index in [-0.39, 0.29) is 0 Å². The summed E-state index contributed by atoms with van der Waals surface area (Å²) in [5.74, 6) is 0. The quantitative estimate of drug-likeness (QED) is 0.875. The van der Waals surface area contributed by atoms with Crippen molar-refractivity contribution in [3.8, 4) is 6.07 Å². The van der Waals surface area contributed by atoms with Crippen molar-refractivity contribution < 1.29 is 0 Å². The lowest BCUT2D eigenvalue weighted by molar-refractivity contribution is 0.662. The normalized spacial score (nSPS) is 15.4. The smallest absolute Gasteiger partial charge is 0.0991 e.